The molecule has 1 heterocycles. The van der Waals surface area contributed by atoms with Gasteiger partial charge in [0.1, 0.15) is 6.07 Å². The average molecular weight is 248 g/mol. The Morgan fingerprint density at radius 3 is 2.93 bits per heavy atom. The standard InChI is InChI=1S/C10H6BrN3/c11-9-2-1-3-10(4-9)14-7-8(5-12)6-13-14/h1-4,6-7H. The molecule has 0 aliphatic carbocycles. The quantitative estimate of drug-likeness (QED) is 0.777. The van der Waals surface area contributed by atoms with Crippen LogP contribution < -0.4 is 0 Å². The maximum absolute atomic E-state index is 8.64. The molecule has 0 aliphatic rings. The van der Waals surface area contributed by atoms with E-state index in [1.807, 2.05) is 30.3 Å². The van der Waals surface area contributed by atoms with E-state index in [2.05, 4.69) is 21.0 Å². The normalized spacial score (nSPS) is 9.71. The first-order valence-corrected chi connectivity index (χ1v) is 4.79. The number of hydrogen-bond donors (Lipinski definition) is 0. The van der Waals surface area contributed by atoms with Crippen molar-refractivity contribution in [2.24, 2.45) is 0 Å². The summed E-state index contributed by atoms with van der Waals surface area (Å²) in [6.07, 6.45) is 3.24. The van der Waals surface area contributed by atoms with Crippen molar-refractivity contribution in [1.29, 1.82) is 5.26 Å². The molecule has 0 unspecified atom stereocenters. The lowest BCUT2D eigenvalue weighted by atomic mass is 10.3. The van der Waals surface area contributed by atoms with Crippen molar-refractivity contribution in [2.75, 3.05) is 0 Å². The van der Waals surface area contributed by atoms with E-state index in [1.54, 1.807) is 17.1 Å². The Balaban J connectivity index is 2.45. The third-order valence-corrected chi connectivity index (χ3v) is 2.28. The minimum Gasteiger partial charge on any atom is -0.240 e. The van der Waals surface area contributed by atoms with Crippen LogP contribution in [0.3, 0.4) is 0 Å². The van der Waals surface area contributed by atoms with E-state index in [9.17, 15) is 0 Å². The molecule has 0 atom stereocenters. The maximum Gasteiger partial charge on any atom is 0.102 e. The van der Waals surface area contributed by atoms with Crippen molar-refractivity contribution in [1.82, 2.24) is 9.78 Å². The average Bonchev–Trinajstić information content (AvgIpc) is 2.66. The third-order valence-electron chi connectivity index (χ3n) is 1.78. The fourth-order valence-electron chi connectivity index (χ4n) is 1.14. The molecule has 0 amide bonds. The number of aromatic nitrogens is 2. The van der Waals surface area contributed by atoms with Crippen LogP contribution in [-0.2, 0) is 0 Å². The van der Waals surface area contributed by atoms with E-state index in [0.29, 0.717) is 5.56 Å². The van der Waals surface area contributed by atoms with Crippen molar-refractivity contribution < 1.29 is 0 Å². The molecule has 14 heavy (non-hydrogen) atoms. The highest BCUT2D eigenvalue weighted by atomic mass is 79.9. The van der Waals surface area contributed by atoms with Gasteiger partial charge in [-0.3, -0.25) is 0 Å². The summed E-state index contributed by atoms with van der Waals surface area (Å²) >= 11 is 3.38. The second-order valence-corrected chi connectivity index (χ2v) is 3.68. The zero-order chi connectivity index (χ0) is 9.97. The summed E-state index contributed by atoms with van der Waals surface area (Å²) in [6, 6.07) is 9.77. The highest BCUT2D eigenvalue weighted by Gasteiger charge is 1.99. The fourth-order valence-corrected chi connectivity index (χ4v) is 1.53. The van der Waals surface area contributed by atoms with Gasteiger partial charge >= 0.3 is 0 Å². The molecule has 0 N–H and O–H groups in total. The maximum atomic E-state index is 8.64. The number of nitrogens with zero attached hydrogens (tertiary/aromatic N) is 3. The van der Waals surface area contributed by atoms with Gasteiger partial charge in [0.2, 0.25) is 0 Å². The lowest BCUT2D eigenvalue weighted by Crippen LogP contribution is -1.93. The molecule has 3 nitrogen and oxygen atoms in total. The number of benzene rings is 1. The molecule has 4 heteroatoms. The summed E-state index contributed by atoms with van der Waals surface area (Å²) in [5, 5.41) is 12.7. The Morgan fingerprint density at radius 1 is 1.43 bits per heavy atom. The summed E-state index contributed by atoms with van der Waals surface area (Å²) in [5.74, 6) is 0. The zero-order valence-corrected chi connectivity index (χ0v) is 8.77. The Labute approximate surface area is 89.7 Å². The Kier molecular flexibility index (Phi) is 2.33. The molecule has 0 radical (unpaired) electrons. The molecule has 0 fully saturated rings. The van der Waals surface area contributed by atoms with Gasteiger partial charge < -0.3 is 0 Å². The van der Waals surface area contributed by atoms with Gasteiger partial charge in [-0.05, 0) is 18.2 Å². The first-order valence-electron chi connectivity index (χ1n) is 4.00. The van der Waals surface area contributed by atoms with Crippen molar-refractivity contribution in [3.8, 4) is 11.8 Å². The molecule has 2 rings (SSSR count). The number of halogens is 1. The second kappa shape index (κ2) is 3.64. The van der Waals surface area contributed by atoms with Crippen molar-refractivity contribution in [3.05, 3.63) is 46.7 Å². The molecule has 68 valence electrons. The van der Waals surface area contributed by atoms with Crippen LogP contribution in [0, 0.1) is 11.3 Å². The molecule has 0 bridgehead atoms. The Morgan fingerprint density at radius 2 is 2.29 bits per heavy atom. The van der Waals surface area contributed by atoms with Crippen LogP contribution in [0.2, 0.25) is 0 Å². The lowest BCUT2D eigenvalue weighted by Gasteiger charge is -2.00. The van der Waals surface area contributed by atoms with Crippen molar-refractivity contribution >= 4 is 15.9 Å². The molecular formula is C10H6BrN3. The summed E-state index contributed by atoms with van der Waals surface area (Å²) in [4.78, 5) is 0. The Hall–Kier alpha value is -1.60. The van der Waals surface area contributed by atoms with Gasteiger partial charge in [-0.25, -0.2) is 4.68 Å². The van der Waals surface area contributed by atoms with Crippen LogP contribution >= 0.6 is 15.9 Å². The largest absolute Gasteiger partial charge is 0.240 e. The van der Waals surface area contributed by atoms with Crippen molar-refractivity contribution in [2.45, 2.75) is 0 Å². The van der Waals surface area contributed by atoms with E-state index in [4.69, 9.17) is 5.26 Å². The van der Waals surface area contributed by atoms with Gasteiger partial charge in [0, 0.05) is 10.7 Å². The zero-order valence-electron chi connectivity index (χ0n) is 7.18. The van der Waals surface area contributed by atoms with E-state index in [-0.39, 0.29) is 0 Å². The highest BCUT2D eigenvalue weighted by Crippen LogP contribution is 2.14. The first kappa shape index (κ1) is 8.97. The first-order chi connectivity index (χ1) is 6.79. The predicted molar refractivity (Wildman–Crippen MR) is 56.0 cm³/mol. The van der Waals surface area contributed by atoms with Crippen LogP contribution in [0.15, 0.2) is 41.1 Å². The summed E-state index contributed by atoms with van der Waals surface area (Å²) in [5.41, 5.74) is 1.49. The molecule has 0 aliphatic heterocycles. The summed E-state index contributed by atoms with van der Waals surface area (Å²) in [7, 11) is 0. The van der Waals surface area contributed by atoms with Crippen LogP contribution in [-0.4, -0.2) is 9.78 Å². The monoisotopic (exact) mass is 247 g/mol. The van der Waals surface area contributed by atoms with Gasteiger partial charge in [0.15, 0.2) is 0 Å². The molecule has 0 saturated carbocycles. The molecule has 2 aromatic rings. The Bertz CT molecular complexity index is 496. The van der Waals surface area contributed by atoms with Crippen molar-refractivity contribution in [3.63, 3.8) is 0 Å². The van der Waals surface area contributed by atoms with E-state index >= 15 is 0 Å². The third kappa shape index (κ3) is 1.68. The molecule has 0 spiro atoms. The summed E-state index contributed by atoms with van der Waals surface area (Å²) < 4.78 is 2.66. The van der Waals surface area contributed by atoms with Gasteiger partial charge in [-0.2, -0.15) is 10.4 Å². The minimum atomic E-state index is 0.560. The topological polar surface area (TPSA) is 41.6 Å². The van der Waals surface area contributed by atoms with E-state index in [0.717, 1.165) is 10.2 Å². The second-order valence-electron chi connectivity index (χ2n) is 2.77. The number of nitriles is 1. The number of hydrogen-bond acceptors (Lipinski definition) is 2. The highest BCUT2D eigenvalue weighted by molar-refractivity contribution is 9.10. The van der Waals surface area contributed by atoms with Crippen LogP contribution in [0.5, 0.6) is 0 Å². The van der Waals surface area contributed by atoms with E-state index in [1.165, 1.54) is 0 Å². The fraction of sp³-hybridized carbons (Fsp3) is 0. The number of rotatable bonds is 1. The van der Waals surface area contributed by atoms with E-state index < -0.39 is 0 Å². The molecule has 0 saturated heterocycles. The van der Waals surface area contributed by atoms with Crippen LogP contribution in [0.1, 0.15) is 5.56 Å². The summed E-state index contributed by atoms with van der Waals surface area (Å²) in [6.45, 7) is 0. The van der Waals surface area contributed by atoms with Gasteiger partial charge in [0.25, 0.3) is 0 Å². The molecular weight excluding hydrogens is 242 g/mol. The van der Waals surface area contributed by atoms with Gasteiger partial charge in [-0.1, -0.05) is 22.0 Å². The lowest BCUT2D eigenvalue weighted by molar-refractivity contribution is 0.880. The SMILES string of the molecule is N#Cc1cnn(-c2cccc(Br)c2)c1. The van der Waals surface area contributed by atoms with Gasteiger partial charge in [0.05, 0.1) is 17.4 Å². The molecule has 1 aromatic heterocycles. The van der Waals surface area contributed by atoms with Crippen LogP contribution in [0.4, 0.5) is 0 Å². The van der Waals surface area contributed by atoms with Crippen LogP contribution in [0.25, 0.3) is 5.69 Å². The minimum absolute atomic E-state index is 0.560. The molecule has 1 aromatic carbocycles. The van der Waals surface area contributed by atoms with Gasteiger partial charge in [-0.15, -0.1) is 0 Å². The smallest absolute Gasteiger partial charge is 0.102 e. The predicted octanol–water partition coefficient (Wildman–Crippen LogP) is 2.51.